The van der Waals surface area contributed by atoms with Crippen LogP contribution in [0.2, 0.25) is 5.02 Å². The van der Waals surface area contributed by atoms with E-state index in [1.54, 1.807) is 6.07 Å². The summed E-state index contributed by atoms with van der Waals surface area (Å²) in [6.07, 6.45) is 0. The Labute approximate surface area is 118 Å². The van der Waals surface area contributed by atoms with Crippen LogP contribution in [0.25, 0.3) is 0 Å². The van der Waals surface area contributed by atoms with Crippen molar-refractivity contribution in [2.45, 2.75) is 19.9 Å². The van der Waals surface area contributed by atoms with Gasteiger partial charge in [0, 0.05) is 16.8 Å². The molecule has 0 aromatic heterocycles. The van der Waals surface area contributed by atoms with Crippen molar-refractivity contribution >= 4 is 17.3 Å². The number of halogens is 1. The van der Waals surface area contributed by atoms with Gasteiger partial charge in [-0.05, 0) is 49.2 Å². The predicted molar refractivity (Wildman–Crippen MR) is 79.4 cm³/mol. The van der Waals surface area contributed by atoms with Gasteiger partial charge in [0.25, 0.3) is 0 Å². The first-order chi connectivity index (χ1) is 9.10. The van der Waals surface area contributed by atoms with Gasteiger partial charge in [0.05, 0.1) is 11.6 Å². The Morgan fingerprint density at radius 2 is 2.00 bits per heavy atom. The standard InChI is InChI=1S/C16H15ClN2/c1-11-6-7-15(17)9-16(11)19-12(2)14-5-3-4-13(8-14)10-18/h3-9,12,19H,1-2H3. The molecule has 1 atom stereocenters. The topological polar surface area (TPSA) is 35.8 Å². The summed E-state index contributed by atoms with van der Waals surface area (Å²) in [6, 6.07) is 15.7. The van der Waals surface area contributed by atoms with E-state index in [9.17, 15) is 0 Å². The fourth-order valence-electron chi connectivity index (χ4n) is 1.94. The molecule has 2 nitrogen and oxygen atoms in total. The summed E-state index contributed by atoms with van der Waals surface area (Å²) in [7, 11) is 0. The number of hydrogen-bond donors (Lipinski definition) is 1. The van der Waals surface area contributed by atoms with Gasteiger partial charge < -0.3 is 5.32 Å². The number of rotatable bonds is 3. The monoisotopic (exact) mass is 270 g/mol. The highest BCUT2D eigenvalue weighted by molar-refractivity contribution is 6.30. The van der Waals surface area contributed by atoms with Crippen molar-refractivity contribution in [3.05, 3.63) is 64.2 Å². The van der Waals surface area contributed by atoms with Crippen molar-refractivity contribution < 1.29 is 0 Å². The quantitative estimate of drug-likeness (QED) is 0.878. The Morgan fingerprint density at radius 3 is 2.74 bits per heavy atom. The number of anilines is 1. The Kier molecular flexibility index (Phi) is 4.09. The van der Waals surface area contributed by atoms with E-state index in [4.69, 9.17) is 16.9 Å². The number of nitrogens with zero attached hydrogens (tertiary/aromatic N) is 1. The van der Waals surface area contributed by atoms with E-state index >= 15 is 0 Å². The van der Waals surface area contributed by atoms with Crippen molar-refractivity contribution in [2.75, 3.05) is 5.32 Å². The van der Waals surface area contributed by atoms with Crippen LogP contribution in [0.4, 0.5) is 5.69 Å². The third-order valence-corrected chi connectivity index (χ3v) is 3.32. The summed E-state index contributed by atoms with van der Waals surface area (Å²) in [5.41, 5.74) is 3.92. The average molecular weight is 271 g/mol. The maximum absolute atomic E-state index is 8.93. The Bertz CT molecular complexity index is 629. The zero-order valence-electron chi connectivity index (χ0n) is 10.9. The summed E-state index contributed by atoms with van der Waals surface area (Å²) in [4.78, 5) is 0. The van der Waals surface area contributed by atoms with E-state index < -0.39 is 0 Å². The SMILES string of the molecule is Cc1ccc(Cl)cc1NC(C)c1cccc(C#N)c1. The van der Waals surface area contributed by atoms with Crippen molar-refractivity contribution in [3.8, 4) is 6.07 Å². The molecule has 0 heterocycles. The van der Waals surface area contributed by atoms with E-state index in [0.29, 0.717) is 10.6 Å². The molecular formula is C16H15ClN2. The molecule has 0 aliphatic rings. The fourth-order valence-corrected chi connectivity index (χ4v) is 2.12. The fraction of sp³-hybridized carbons (Fsp3) is 0.188. The molecular weight excluding hydrogens is 256 g/mol. The van der Waals surface area contributed by atoms with Crippen LogP contribution in [0, 0.1) is 18.3 Å². The molecule has 2 rings (SSSR count). The summed E-state index contributed by atoms with van der Waals surface area (Å²) < 4.78 is 0. The lowest BCUT2D eigenvalue weighted by Gasteiger charge is -2.18. The van der Waals surface area contributed by atoms with Crippen LogP contribution in [-0.4, -0.2) is 0 Å². The first-order valence-corrected chi connectivity index (χ1v) is 6.50. The summed E-state index contributed by atoms with van der Waals surface area (Å²) in [5.74, 6) is 0. The second-order valence-corrected chi connectivity index (χ2v) is 5.00. The van der Waals surface area contributed by atoms with Gasteiger partial charge in [-0.2, -0.15) is 5.26 Å². The highest BCUT2D eigenvalue weighted by Gasteiger charge is 2.08. The van der Waals surface area contributed by atoms with Crippen LogP contribution in [0.1, 0.15) is 29.7 Å². The molecule has 0 bridgehead atoms. The lowest BCUT2D eigenvalue weighted by molar-refractivity contribution is 0.882. The molecule has 1 unspecified atom stereocenters. The number of nitriles is 1. The normalized spacial score (nSPS) is 11.7. The van der Waals surface area contributed by atoms with E-state index in [-0.39, 0.29) is 6.04 Å². The van der Waals surface area contributed by atoms with Crippen LogP contribution in [-0.2, 0) is 0 Å². The molecule has 0 saturated heterocycles. The van der Waals surface area contributed by atoms with Gasteiger partial charge in [0.1, 0.15) is 0 Å². The number of hydrogen-bond acceptors (Lipinski definition) is 2. The highest BCUT2D eigenvalue weighted by atomic mass is 35.5. The van der Waals surface area contributed by atoms with Crippen LogP contribution in [0.15, 0.2) is 42.5 Å². The summed E-state index contributed by atoms with van der Waals surface area (Å²) in [6.45, 7) is 4.11. The van der Waals surface area contributed by atoms with Gasteiger partial charge >= 0.3 is 0 Å². The molecule has 1 N–H and O–H groups in total. The van der Waals surface area contributed by atoms with E-state index in [2.05, 4.69) is 18.3 Å². The number of aryl methyl sites for hydroxylation is 1. The largest absolute Gasteiger partial charge is 0.378 e. The molecule has 3 heteroatoms. The highest BCUT2D eigenvalue weighted by Crippen LogP contribution is 2.25. The van der Waals surface area contributed by atoms with Crippen LogP contribution >= 0.6 is 11.6 Å². The van der Waals surface area contributed by atoms with E-state index in [0.717, 1.165) is 16.8 Å². The van der Waals surface area contributed by atoms with Crippen LogP contribution in [0.3, 0.4) is 0 Å². The third kappa shape index (κ3) is 3.27. The molecule has 2 aromatic carbocycles. The van der Waals surface area contributed by atoms with Crippen molar-refractivity contribution in [1.82, 2.24) is 0 Å². The summed E-state index contributed by atoms with van der Waals surface area (Å²) >= 11 is 6.01. The molecule has 0 saturated carbocycles. The van der Waals surface area contributed by atoms with Gasteiger partial charge in [-0.3, -0.25) is 0 Å². The molecule has 0 spiro atoms. The second-order valence-electron chi connectivity index (χ2n) is 4.56. The molecule has 19 heavy (non-hydrogen) atoms. The minimum absolute atomic E-state index is 0.116. The number of benzene rings is 2. The minimum Gasteiger partial charge on any atom is -0.378 e. The van der Waals surface area contributed by atoms with Gasteiger partial charge in [-0.15, -0.1) is 0 Å². The number of nitrogens with one attached hydrogen (secondary N) is 1. The molecule has 0 radical (unpaired) electrons. The van der Waals surface area contributed by atoms with Crippen LogP contribution < -0.4 is 5.32 Å². The van der Waals surface area contributed by atoms with E-state index in [1.165, 1.54) is 0 Å². The van der Waals surface area contributed by atoms with Crippen LogP contribution in [0.5, 0.6) is 0 Å². The van der Waals surface area contributed by atoms with Crippen molar-refractivity contribution in [2.24, 2.45) is 0 Å². The predicted octanol–water partition coefficient (Wildman–Crippen LogP) is 4.69. The van der Waals surface area contributed by atoms with Crippen molar-refractivity contribution in [1.29, 1.82) is 5.26 Å². The Hall–Kier alpha value is -1.98. The van der Waals surface area contributed by atoms with Gasteiger partial charge in [-0.1, -0.05) is 29.8 Å². The smallest absolute Gasteiger partial charge is 0.0991 e. The van der Waals surface area contributed by atoms with Gasteiger partial charge in [0.15, 0.2) is 0 Å². The maximum Gasteiger partial charge on any atom is 0.0991 e. The van der Waals surface area contributed by atoms with E-state index in [1.807, 2.05) is 43.3 Å². The third-order valence-electron chi connectivity index (χ3n) is 3.09. The molecule has 0 fully saturated rings. The first kappa shape index (κ1) is 13.5. The Balaban J connectivity index is 2.23. The van der Waals surface area contributed by atoms with Gasteiger partial charge in [0.2, 0.25) is 0 Å². The second kappa shape index (κ2) is 5.77. The Morgan fingerprint density at radius 1 is 1.21 bits per heavy atom. The average Bonchev–Trinajstić information content (AvgIpc) is 2.43. The minimum atomic E-state index is 0.116. The molecule has 2 aromatic rings. The maximum atomic E-state index is 8.93. The van der Waals surface area contributed by atoms with Gasteiger partial charge in [-0.25, -0.2) is 0 Å². The lowest BCUT2D eigenvalue weighted by Crippen LogP contribution is -2.07. The molecule has 0 aliphatic carbocycles. The zero-order valence-corrected chi connectivity index (χ0v) is 11.7. The lowest BCUT2D eigenvalue weighted by atomic mass is 10.0. The molecule has 0 aliphatic heterocycles. The summed E-state index contributed by atoms with van der Waals surface area (Å²) in [5, 5.41) is 13.1. The molecule has 96 valence electrons. The van der Waals surface area contributed by atoms with Crippen molar-refractivity contribution in [3.63, 3.8) is 0 Å². The first-order valence-electron chi connectivity index (χ1n) is 6.13. The molecule has 0 amide bonds. The zero-order chi connectivity index (χ0) is 13.8.